The van der Waals surface area contributed by atoms with E-state index in [2.05, 4.69) is 29.2 Å². The number of aryl methyl sites for hydroxylation is 2. The lowest BCUT2D eigenvalue weighted by Crippen LogP contribution is -2.23. The summed E-state index contributed by atoms with van der Waals surface area (Å²) >= 11 is 0. The predicted molar refractivity (Wildman–Crippen MR) is 107 cm³/mol. The topological polar surface area (TPSA) is 42.7 Å². The fraction of sp³-hybridized carbons (Fsp3) is 0.348. The van der Waals surface area contributed by atoms with E-state index in [0.717, 1.165) is 59.3 Å². The number of rotatable bonds is 4. The van der Waals surface area contributed by atoms with E-state index in [1.54, 1.807) is 13.2 Å². The van der Waals surface area contributed by atoms with Gasteiger partial charge in [-0.25, -0.2) is 4.79 Å². The van der Waals surface area contributed by atoms with Gasteiger partial charge in [0.2, 0.25) is 0 Å². The van der Waals surface area contributed by atoms with Crippen LogP contribution < -0.4 is 10.4 Å². The van der Waals surface area contributed by atoms with Gasteiger partial charge >= 0.3 is 5.63 Å². The molecule has 1 atom stereocenters. The first-order chi connectivity index (χ1) is 13.1. The van der Waals surface area contributed by atoms with E-state index >= 15 is 0 Å². The van der Waals surface area contributed by atoms with Gasteiger partial charge in [-0.15, -0.1) is 0 Å². The summed E-state index contributed by atoms with van der Waals surface area (Å²) in [5.41, 5.74) is 4.93. The van der Waals surface area contributed by atoms with Crippen LogP contribution in [0.3, 0.4) is 0 Å². The maximum absolute atomic E-state index is 12.2. The van der Waals surface area contributed by atoms with Crippen LogP contribution in [-0.4, -0.2) is 18.6 Å². The summed E-state index contributed by atoms with van der Waals surface area (Å²) in [6.45, 7) is 5.82. The lowest BCUT2D eigenvalue weighted by atomic mass is 10.0. The Kier molecular flexibility index (Phi) is 4.75. The predicted octanol–water partition coefficient (Wildman–Crippen LogP) is 4.76. The van der Waals surface area contributed by atoms with Crippen molar-refractivity contribution < 1.29 is 9.15 Å². The second-order valence-electron chi connectivity index (χ2n) is 7.38. The van der Waals surface area contributed by atoms with E-state index in [1.807, 2.05) is 26.0 Å². The molecule has 0 spiro atoms. The number of nitrogens with zero attached hydrogens (tertiary/aromatic N) is 1. The number of hydrogen-bond donors (Lipinski definition) is 0. The van der Waals surface area contributed by atoms with E-state index < -0.39 is 0 Å². The molecule has 3 aromatic rings. The van der Waals surface area contributed by atoms with Crippen molar-refractivity contribution in [1.29, 1.82) is 0 Å². The fourth-order valence-corrected chi connectivity index (χ4v) is 4.12. The average molecular weight is 363 g/mol. The van der Waals surface area contributed by atoms with E-state index in [0.29, 0.717) is 6.04 Å². The number of benzene rings is 2. The van der Waals surface area contributed by atoms with E-state index in [1.165, 1.54) is 5.56 Å². The summed E-state index contributed by atoms with van der Waals surface area (Å²) in [5.74, 6) is 0.885. The largest absolute Gasteiger partial charge is 0.497 e. The van der Waals surface area contributed by atoms with Crippen molar-refractivity contribution in [3.63, 3.8) is 0 Å². The van der Waals surface area contributed by atoms with Crippen LogP contribution in [0.2, 0.25) is 0 Å². The summed E-state index contributed by atoms with van der Waals surface area (Å²) < 4.78 is 10.9. The Morgan fingerprint density at radius 3 is 2.85 bits per heavy atom. The summed E-state index contributed by atoms with van der Waals surface area (Å²) in [5, 5.41) is 1.04. The standard InChI is InChI=1S/C23H25NO3/c1-15-9-10-20-18(13-22(25)27-23(20)16(15)2)14-24-11-5-8-21(24)17-6-4-7-19(12-17)26-3/h4,6-7,9-10,12-13,21H,5,8,11,14H2,1-3H3. The molecule has 0 N–H and O–H groups in total. The Hall–Kier alpha value is -2.59. The van der Waals surface area contributed by atoms with Crippen LogP contribution in [0.4, 0.5) is 0 Å². The van der Waals surface area contributed by atoms with Gasteiger partial charge in [-0.1, -0.05) is 24.3 Å². The lowest BCUT2D eigenvalue weighted by molar-refractivity contribution is 0.248. The minimum atomic E-state index is -0.275. The zero-order valence-corrected chi connectivity index (χ0v) is 16.1. The SMILES string of the molecule is COc1cccc(C2CCCN2Cc2cc(=O)oc3c(C)c(C)ccc23)c1. The minimum Gasteiger partial charge on any atom is -0.497 e. The van der Waals surface area contributed by atoms with Crippen LogP contribution in [-0.2, 0) is 6.54 Å². The highest BCUT2D eigenvalue weighted by Crippen LogP contribution is 2.35. The molecule has 1 saturated heterocycles. The zero-order chi connectivity index (χ0) is 19.0. The second-order valence-corrected chi connectivity index (χ2v) is 7.38. The van der Waals surface area contributed by atoms with E-state index in [-0.39, 0.29) is 5.63 Å². The van der Waals surface area contributed by atoms with Crippen molar-refractivity contribution in [1.82, 2.24) is 4.90 Å². The minimum absolute atomic E-state index is 0.275. The molecule has 1 aliphatic rings. The summed E-state index contributed by atoms with van der Waals surface area (Å²) in [4.78, 5) is 14.6. The van der Waals surface area contributed by atoms with Gasteiger partial charge in [0.1, 0.15) is 11.3 Å². The van der Waals surface area contributed by atoms with Gasteiger partial charge in [0, 0.05) is 24.0 Å². The number of methoxy groups -OCH3 is 1. The molecule has 27 heavy (non-hydrogen) atoms. The second kappa shape index (κ2) is 7.20. The molecule has 4 heteroatoms. The monoisotopic (exact) mass is 363 g/mol. The smallest absolute Gasteiger partial charge is 0.336 e. The number of likely N-dealkylation sites (tertiary alicyclic amines) is 1. The molecule has 0 saturated carbocycles. The Bertz CT molecular complexity index is 1040. The van der Waals surface area contributed by atoms with Crippen LogP contribution in [0, 0.1) is 13.8 Å². The third-order valence-electron chi connectivity index (χ3n) is 5.73. The van der Waals surface area contributed by atoms with Crippen molar-refractivity contribution in [2.45, 2.75) is 39.3 Å². The van der Waals surface area contributed by atoms with Gasteiger partial charge in [-0.05, 0) is 67.6 Å². The molecule has 140 valence electrons. The van der Waals surface area contributed by atoms with Crippen molar-refractivity contribution in [3.8, 4) is 5.75 Å². The van der Waals surface area contributed by atoms with Crippen molar-refractivity contribution in [2.24, 2.45) is 0 Å². The van der Waals surface area contributed by atoms with Crippen LogP contribution in [0.25, 0.3) is 11.0 Å². The molecule has 4 nitrogen and oxygen atoms in total. The number of ether oxygens (including phenoxy) is 1. The molecular weight excluding hydrogens is 338 g/mol. The molecule has 2 heterocycles. The quantitative estimate of drug-likeness (QED) is 0.627. The molecule has 4 rings (SSSR count). The molecule has 0 radical (unpaired) electrons. The highest BCUT2D eigenvalue weighted by Gasteiger charge is 2.27. The summed E-state index contributed by atoms with van der Waals surface area (Å²) in [7, 11) is 1.70. The maximum Gasteiger partial charge on any atom is 0.336 e. The Balaban J connectivity index is 1.71. The van der Waals surface area contributed by atoms with E-state index in [9.17, 15) is 4.79 Å². The average Bonchev–Trinajstić information content (AvgIpc) is 3.13. The van der Waals surface area contributed by atoms with Gasteiger partial charge in [-0.3, -0.25) is 4.90 Å². The summed E-state index contributed by atoms with van der Waals surface area (Å²) in [6.07, 6.45) is 2.27. The lowest BCUT2D eigenvalue weighted by Gasteiger charge is -2.25. The first kappa shape index (κ1) is 17.8. The third-order valence-corrected chi connectivity index (χ3v) is 5.73. The molecule has 0 bridgehead atoms. The number of fused-ring (bicyclic) bond motifs is 1. The molecule has 0 aliphatic carbocycles. The molecular formula is C23H25NO3. The third kappa shape index (κ3) is 3.37. The highest BCUT2D eigenvalue weighted by atomic mass is 16.5. The molecule has 1 aromatic heterocycles. The van der Waals surface area contributed by atoms with Gasteiger partial charge in [0.15, 0.2) is 0 Å². The number of hydrogen-bond acceptors (Lipinski definition) is 4. The fourth-order valence-electron chi connectivity index (χ4n) is 4.12. The van der Waals surface area contributed by atoms with Crippen LogP contribution in [0.5, 0.6) is 5.75 Å². The normalized spacial score (nSPS) is 17.5. The van der Waals surface area contributed by atoms with Gasteiger partial charge in [0.05, 0.1) is 7.11 Å². The first-order valence-corrected chi connectivity index (χ1v) is 9.48. The molecule has 1 fully saturated rings. The summed E-state index contributed by atoms with van der Waals surface area (Å²) in [6, 6.07) is 14.5. The van der Waals surface area contributed by atoms with Crippen molar-refractivity contribution in [2.75, 3.05) is 13.7 Å². The van der Waals surface area contributed by atoms with E-state index in [4.69, 9.17) is 9.15 Å². The Morgan fingerprint density at radius 1 is 1.19 bits per heavy atom. The van der Waals surface area contributed by atoms with Crippen molar-refractivity contribution >= 4 is 11.0 Å². The molecule has 2 aromatic carbocycles. The maximum atomic E-state index is 12.2. The van der Waals surface area contributed by atoms with Gasteiger partial charge < -0.3 is 9.15 Å². The molecule has 1 unspecified atom stereocenters. The molecule has 1 aliphatic heterocycles. The van der Waals surface area contributed by atoms with Crippen molar-refractivity contribution in [3.05, 3.63) is 75.1 Å². The van der Waals surface area contributed by atoms with Crippen LogP contribution in [0.15, 0.2) is 51.7 Å². The van der Waals surface area contributed by atoms with Crippen LogP contribution in [0.1, 0.15) is 41.1 Å². The highest BCUT2D eigenvalue weighted by molar-refractivity contribution is 5.83. The molecule has 0 amide bonds. The first-order valence-electron chi connectivity index (χ1n) is 9.48. The van der Waals surface area contributed by atoms with Gasteiger partial charge in [0.25, 0.3) is 0 Å². The Morgan fingerprint density at radius 2 is 2.04 bits per heavy atom. The van der Waals surface area contributed by atoms with Crippen LogP contribution >= 0.6 is 0 Å². The van der Waals surface area contributed by atoms with Gasteiger partial charge in [-0.2, -0.15) is 0 Å². The Labute approximate surface area is 159 Å². The zero-order valence-electron chi connectivity index (χ0n) is 16.1.